The Bertz CT molecular complexity index is 628. The van der Waals surface area contributed by atoms with Crippen LogP contribution >= 0.6 is 15.9 Å². The summed E-state index contributed by atoms with van der Waals surface area (Å²) in [6, 6.07) is 12.2. The maximum absolute atomic E-state index is 5.46. The molecule has 0 saturated heterocycles. The van der Waals surface area contributed by atoms with Crippen molar-refractivity contribution in [2.45, 2.75) is 19.9 Å². The van der Waals surface area contributed by atoms with Crippen molar-refractivity contribution in [1.82, 2.24) is 0 Å². The van der Waals surface area contributed by atoms with Gasteiger partial charge in [0.2, 0.25) is 0 Å². The van der Waals surface area contributed by atoms with Gasteiger partial charge in [-0.3, -0.25) is 0 Å². The van der Waals surface area contributed by atoms with Crippen molar-refractivity contribution in [3.8, 4) is 11.5 Å². The standard InChI is InChI=1S/C17H20BrNO2/c1-11-5-8-17(21-4)14(9-11)12(2)19-16-10-13(20-3)6-7-15(16)18/h5-10,12,19H,1-4H3. The number of nitrogens with one attached hydrogen (secondary N) is 1. The van der Waals surface area contributed by atoms with Gasteiger partial charge in [0.05, 0.1) is 25.9 Å². The van der Waals surface area contributed by atoms with E-state index in [1.807, 2.05) is 24.3 Å². The van der Waals surface area contributed by atoms with Crippen molar-refractivity contribution in [2.75, 3.05) is 19.5 Å². The Morgan fingerprint density at radius 1 is 1.05 bits per heavy atom. The fraction of sp³-hybridized carbons (Fsp3) is 0.294. The van der Waals surface area contributed by atoms with Crippen molar-refractivity contribution >= 4 is 21.6 Å². The van der Waals surface area contributed by atoms with Crippen LogP contribution in [0.3, 0.4) is 0 Å². The van der Waals surface area contributed by atoms with E-state index in [0.717, 1.165) is 27.2 Å². The molecule has 0 amide bonds. The highest BCUT2D eigenvalue weighted by molar-refractivity contribution is 9.10. The van der Waals surface area contributed by atoms with Gasteiger partial charge in [0.25, 0.3) is 0 Å². The van der Waals surface area contributed by atoms with E-state index in [9.17, 15) is 0 Å². The molecule has 21 heavy (non-hydrogen) atoms. The summed E-state index contributed by atoms with van der Waals surface area (Å²) in [6.45, 7) is 4.19. The van der Waals surface area contributed by atoms with Gasteiger partial charge >= 0.3 is 0 Å². The Morgan fingerprint density at radius 2 is 1.81 bits per heavy atom. The molecule has 3 nitrogen and oxygen atoms in total. The Morgan fingerprint density at radius 3 is 2.48 bits per heavy atom. The molecule has 0 aliphatic rings. The third-order valence-corrected chi connectivity index (χ3v) is 4.09. The first kappa shape index (κ1) is 15.7. The lowest BCUT2D eigenvalue weighted by molar-refractivity contribution is 0.407. The highest BCUT2D eigenvalue weighted by Gasteiger charge is 2.13. The number of hydrogen-bond acceptors (Lipinski definition) is 3. The van der Waals surface area contributed by atoms with Crippen molar-refractivity contribution in [3.05, 3.63) is 52.0 Å². The van der Waals surface area contributed by atoms with Crippen molar-refractivity contribution in [3.63, 3.8) is 0 Å². The van der Waals surface area contributed by atoms with Crippen LogP contribution in [0.15, 0.2) is 40.9 Å². The van der Waals surface area contributed by atoms with Gasteiger partial charge in [0.1, 0.15) is 11.5 Å². The molecule has 0 bridgehead atoms. The van der Waals surface area contributed by atoms with Gasteiger partial charge in [-0.1, -0.05) is 17.7 Å². The molecule has 0 heterocycles. The number of methoxy groups -OCH3 is 2. The molecule has 0 aliphatic carbocycles. The normalized spacial score (nSPS) is 11.9. The predicted octanol–water partition coefficient (Wildman–Crippen LogP) is 4.95. The average Bonchev–Trinajstić information content (AvgIpc) is 2.49. The molecule has 2 aromatic rings. The van der Waals surface area contributed by atoms with Crippen molar-refractivity contribution < 1.29 is 9.47 Å². The molecule has 1 unspecified atom stereocenters. The van der Waals surface area contributed by atoms with Gasteiger partial charge in [0.15, 0.2) is 0 Å². The van der Waals surface area contributed by atoms with Crippen LogP contribution in [0.4, 0.5) is 5.69 Å². The first-order valence-electron chi connectivity index (χ1n) is 6.79. The van der Waals surface area contributed by atoms with E-state index >= 15 is 0 Å². The lowest BCUT2D eigenvalue weighted by Gasteiger charge is -2.20. The summed E-state index contributed by atoms with van der Waals surface area (Å²) in [6.07, 6.45) is 0. The topological polar surface area (TPSA) is 30.5 Å². The predicted molar refractivity (Wildman–Crippen MR) is 90.5 cm³/mol. The molecule has 1 atom stereocenters. The minimum Gasteiger partial charge on any atom is -0.497 e. The summed E-state index contributed by atoms with van der Waals surface area (Å²) in [4.78, 5) is 0. The molecule has 2 rings (SSSR count). The van der Waals surface area contributed by atoms with E-state index < -0.39 is 0 Å². The summed E-state index contributed by atoms with van der Waals surface area (Å²) in [5.41, 5.74) is 3.33. The van der Waals surface area contributed by atoms with E-state index in [1.54, 1.807) is 14.2 Å². The van der Waals surface area contributed by atoms with Gasteiger partial charge in [-0.05, 0) is 48.0 Å². The zero-order valence-corrected chi connectivity index (χ0v) is 14.3. The quantitative estimate of drug-likeness (QED) is 0.828. The second-order valence-electron chi connectivity index (χ2n) is 4.96. The number of benzene rings is 2. The molecular weight excluding hydrogens is 330 g/mol. The number of rotatable bonds is 5. The van der Waals surface area contributed by atoms with Crippen molar-refractivity contribution in [2.24, 2.45) is 0 Å². The SMILES string of the molecule is COc1ccc(Br)c(NC(C)c2cc(C)ccc2OC)c1. The minimum atomic E-state index is 0.114. The molecule has 2 aromatic carbocycles. The second kappa shape index (κ2) is 6.85. The summed E-state index contributed by atoms with van der Waals surface area (Å²) in [7, 11) is 3.36. The maximum Gasteiger partial charge on any atom is 0.124 e. The Hall–Kier alpha value is -1.68. The zero-order chi connectivity index (χ0) is 15.4. The van der Waals surface area contributed by atoms with Crippen LogP contribution in [0.2, 0.25) is 0 Å². The van der Waals surface area contributed by atoms with Crippen LogP contribution in [0.5, 0.6) is 11.5 Å². The molecule has 0 aromatic heterocycles. The second-order valence-corrected chi connectivity index (χ2v) is 5.81. The molecule has 4 heteroatoms. The maximum atomic E-state index is 5.46. The van der Waals surface area contributed by atoms with Gasteiger partial charge < -0.3 is 14.8 Å². The van der Waals surface area contributed by atoms with Crippen LogP contribution in [-0.4, -0.2) is 14.2 Å². The summed E-state index contributed by atoms with van der Waals surface area (Å²) < 4.78 is 11.7. The Kier molecular flexibility index (Phi) is 5.12. The van der Waals surface area contributed by atoms with Crippen LogP contribution in [-0.2, 0) is 0 Å². The highest BCUT2D eigenvalue weighted by Crippen LogP contribution is 2.33. The lowest BCUT2D eigenvalue weighted by Crippen LogP contribution is -2.09. The number of halogens is 1. The highest BCUT2D eigenvalue weighted by atomic mass is 79.9. The fourth-order valence-corrected chi connectivity index (χ4v) is 2.61. The molecule has 0 fully saturated rings. The van der Waals surface area contributed by atoms with Gasteiger partial charge in [-0.2, -0.15) is 0 Å². The van der Waals surface area contributed by atoms with E-state index in [1.165, 1.54) is 5.56 Å². The van der Waals surface area contributed by atoms with Crippen LogP contribution < -0.4 is 14.8 Å². The lowest BCUT2D eigenvalue weighted by atomic mass is 10.0. The van der Waals surface area contributed by atoms with Crippen LogP contribution in [0, 0.1) is 6.92 Å². The zero-order valence-electron chi connectivity index (χ0n) is 12.7. The molecule has 112 valence electrons. The molecular formula is C17H20BrNO2. The average molecular weight is 350 g/mol. The summed E-state index contributed by atoms with van der Waals surface area (Å²) >= 11 is 3.56. The monoisotopic (exact) mass is 349 g/mol. The van der Waals surface area contributed by atoms with E-state index in [0.29, 0.717) is 0 Å². The molecule has 0 aliphatic heterocycles. The van der Waals surface area contributed by atoms with Crippen molar-refractivity contribution in [1.29, 1.82) is 0 Å². The fourth-order valence-electron chi connectivity index (χ4n) is 2.25. The van der Waals surface area contributed by atoms with E-state index in [2.05, 4.69) is 47.2 Å². The molecule has 0 spiro atoms. The van der Waals surface area contributed by atoms with E-state index in [-0.39, 0.29) is 6.04 Å². The number of hydrogen-bond donors (Lipinski definition) is 1. The molecule has 1 N–H and O–H groups in total. The Labute approximate surface area is 134 Å². The summed E-state index contributed by atoms with van der Waals surface area (Å²) in [5.74, 6) is 1.71. The summed E-state index contributed by atoms with van der Waals surface area (Å²) in [5, 5.41) is 3.50. The smallest absolute Gasteiger partial charge is 0.124 e. The van der Waals surface area contributed by atoms with Gasteiger partial charge in [-0.15, -0.1) is 0 Å². The third kappa shape index (κ3) is 3.70. The van der Waals surface area contributed by atoms with Crippen LogP contribution in [0.1, 0.15) is 24.1 Å². The van der Waals surface area contributed by atoms with E-state index in [4.69, 9.17) is 9.47 Å². The van der Waals surface area contributed by atoms with Gasteiger partial charge in [-0.25, -0.2) is 0 Å². The van der Waals surface area contributed by atoms with Gasteiger partial charge in [0, 0.05) is 16.1 Å². The number of ether oxygens (including phenoxy) is 2. The molecule has 0 radical (unpaired) electrons. The largest absolute Gasteiger partial charge is 0.497 e. The first-order valence-corrected chi connectivity index (χ1v) is 7.59. The first-order chi connectivity index (χ1) is 10.0. The number of anilines is 1. The minimum absolute atomic E-state index is 0.114. The third-order valence-electron chi connectivity index (χ3n) is 3.40. The Balaban J connectivity index is 2.29. The van der Waals surface area contributed by atoms with Crippen LogP contribution in [0.25, 0.3) is 0 Å². The molecule has 0 saturated carbocycles. The number of aryl methyl sites for hydroxylation is 1.